The van der Waals surface area contributed by atoms with Gasteiger partial charge in [-0.1, -0.05) is 23.7 Å². The first-order chi connectivity index (χ1) is 6.75. The van der Waals surface area contributed by atoms with Crippen LogP contribution in [-0.4, -0.2) is 10.1 Å². The molecule has 0 saturated heterocycles. The van der Waals surface area contributed by atoms with Crippen LogP contribution in [0.4, 0.5) is 0 Å². The van der Waals surface area contributed by atoms with E-state index in [0.29, 0.717) is 5.02 Å². The van der Waals surface area contributed by atoms with Crippen LogP contribution in [0.3, 0.4) is 0 Å². The number of aromatic hydroxyl groups is 1. The molecule has 14 heavy (non-hydrogen) atoms. The Hall–Kier alpha value is -1.54. The van der Waals surface area contributed by atoms with Crippen molar-refractivity contribution in [1.29, 1.82) is 0 Å². The van der Waals surface area contributed by atoms with Gasteiger partial charge in [0.15, 0.2) is 0 Å². The fraction of sp³-hybridized carbons (Fsp3) is 0. The van der Waals surface area contributed by atoms with Crippen molar-refractivity contribution in [3.8, 4) is 17.0 Å². The summed E-state index contributed by atoms with van der Waals surface area (Å²) >= 11 is 5.85. The van der Waals surface area contributed by atoms with Gasteiger partial charge in [0.25, 0.3) is 0 Å². The number of hydrogen-bond acceptors (Lipinski definition) is 2. The van der Waals surface area contributed by atoms with Gasteiger partial charge in [-0.15, -0.1) is 0 Å². The van der Waals surface area contributed by atoms with E-state index in [1.54, 1.807) is 12.1 Å². The number of nitrogens with zero attached hydrogens (tertiary/aromatic N) is 1. The molecule has 2 rings (SSSR count). The van der Waals surface area contributed by atoms with Crippen molar-refractivity contribution in [3.05, 3.63) is 47.6 Å². The van der Waals surface area contributed by atoms with Crippen molar-refractivity contribution in [3.63, 3.8) is 0 Å². The topological polar surface area (TPSA) is 33.1 Å². The molecule has 0 bridgehead atoms. The van der Waals surface area contributed by atoms with E-state index in [1.807, 2.05) is 24.3 Å². The second-order valence-electron chi connectivity index (χ2n) is 2.91. The molecule has 0 aliphatic carbocycles. The summed E-state index contributed by atoms with van der Waals surface area (Å²) in [4.78, 5) is 4.08. The molecule has 0 aliphatic rings. The van der Waals surface area contributed by atoms with Crippen molar-refractivity contribution < 1.29 is 5.11 Å². The summed E-state index contributed by atoms with van der Waals surface area (Å²) in [5.41, 5.74) is 1.74. The van der Waals surface area contributed by atoms with Crippen molar-refractivity contribution in [2.24, 2.45) is 0 Å². The fourth-order valence-electron chi connectivity index (χ4n) is 1.20. The number of halogens is 1. The number of hydrogen-bond donors (Lipinski definition) is 1. The molecule has 0 atom stereocenters. The molecule has 0 fully saturated rings. The van der Waals surface area contributed by atoms with E-state index in [4.69, 9.17) is 16.7 Å². The van der Waals surface area contributed by atoms with E-state index in [2.05, 4.69) is 4.98 Å². The molecular weight excluding hydrogens is 198 g/mol. The van der Waals surface area contributed by atoms with Crippen LogP contribution in [0.25, 0.3) is 11.3 Å². The largest absolute Gasteiger partial charge is 0.506 e. The third-order valence-corrected chi connectivity index (χ3v) is 2.10. The lowest BCUT2D eigenvalue weighted by Crippen LogP contribution is -1.81. The first kappa shape index (κ1) is 9.03. The molecule has 1 N–H and O–H groups in total. The quantitative estimate of drug-likeness (QED) is 0.776. The van der Waals surface area contributed by atoms with Gasteiger partial charge in [0.1, 0.15) is 5.75 Å². The Morgan fingerprint density at radius 2 is 2.00 bits per heavy atom. The zero-order valence-electron chi connectivity index (χ0n) is 7.31. The molecule has 0 aliphatic heterocycles. The van der Waals surface area contributed by atoms with E-state index in [-0.39, 0.29) is 5.75 Å². The molecule has 0 unspecified atom stereocenters. The summed E-state index contributed by atoms with van der Waals surface area (Å²) in [6.07, 6.45) is 1.41. The maximum absolute atomic E-state index is 9.07. The van der Waals surface area contributed by atoms with Gasteiger partial charge < -0.3 is 5.11 Å². The molecule has 0 amide bonds. The monoisotopic (exact) mass is 205 g/mol. The van der Waals surface area contributed by atoms with Crippen molar-refractivity contribution in [2.75, 3.05) is 0 Å². The fourth-order valence-corrected chi connectivity index (χ4v) is 1.39. The molecule has 2 aromatic rings. The first-order valence-electron chi connectivity index (χ1n) is 4.17. The lowest BCUT2D eigenvalue weighted by Gasteiger charge is -2.00. The van der Waals surface area contributed by atoms with Crippen molar-refractivity contribution in [1.82, 2.24) is 4.98 Å². The van der Waals surface area contributed by atoms with E-state index >= 15 is 0 Å². The van der Waals surface area contributed by atoms with Gasteiger partial charge in [-0.2, -0.15) is 0 Å². The minimum Gasteiger partial charge on any atom is -0.506 e. The summed E-state index contributed by atoms with van der Waals surface area (Å²) in [6.45, 7) is 0. The molecule has 0 radical (unpaired) electrons. The normalized spacial score (nSPS) is 10.1. The Kier molecular flexibility index (Phi) is 2.37. The lowest BCUT2D eigenvalue weighted by atomic mass is 10.1. The van der Waals surface area contributed by atoms with Crippen molar-refractivity contribution in [2.45, 2.75) is 0 Å². The average molecular weight is 206 g/mol. The predicted molar refractivity (Wildman–Crippen MR) is 56.3 cm³/mol. The lowest BCUT2D eigenvalue weighted by molar-refractivity contribution is 0.473. The second-order valence-corrected chi connectivity index (χ2v) is 3.35. The van der Waals surface area contributed by atoms with E-state index in [1.165, 1.54) is 6.20 Å². The van der Waals surface area contributed by atoms with Crippen LogP contribution in [0.2, 0.25) is 5.02 Å². The highest BCUT2D eigenvalue weighted by Gasteiger charge is 1.99. The molecule has 3 heteroatoms. The number of aromatic nitrogens is 1. The summed E-state index contributed by atoms with van der Waals surface area (Å²) in [5.74, 6) is 0.163. The van der Waals surface area contributed by atoms with Crippen LogP contribution < -0.4 is 0 Å². The first-order valence-corrected chi connectivity index (χ1v) is 4.54. The third-order valence-electron chi connectivity index (χ3n) is 1.87. The second kappa shape index (κ2) is 3.68. The third kappa shape index (κ3) is 1.86. The molecular formula is C11H8ClNO. The summed E-state index contributed by atoms with van der Waals surface area (Å²) in [7, 11) is 0. The van der Waals surface area contributed by atoms with Crippen LogP contribution in [0.5, 0.6) is 5.75 Å². The van der Waals surface area contributed by atoms with E-state index in [0.717, 1.165) is 11.3 Å². The zero-order chi connectivity index (χ0) is 9.97. The van der Waals surface area contributed by atoms with E-state index in [9.17, 15) is 0 Å². The number of benzene rings is 1. The van der Waals surface area contributed by atoms with Crippen LogP contribution in [0.1, 0.15) is 0 Å². The smallest absolute Gasteiger partial charge is 0.133 e. The Labute approximate surface area is 86.8 Å². The number of rotatable bonds is 1. The summed E-state index contributed by atoms with van der Waals surface area (Å²) in [6, 6.07) is 10.8. The highest BCUT2D eigenvalue weighted by atomic mass is 35.5. The number of pyridine rings is 1. The average Bonchev–Trinajstić information content (AvgIpc) is 2.19. The highest BCUT2D eigenvalue weighted by Crippen LogP contribution is 2.21. The van der Waals surface area contributed by atoms with Crippen LogP contribution >= 0.6 is 11.6 Å². The maximum Gasteiger partial charge on any atom is 0.133 e. The van der Waals surface area contributed by atoms with Gasteiger partial charge in [-0.3, -0.25) is 4.98 Å². The minimum absolute atomic E-state index is 0.163. The Bertz CT molecular complexity index is 439. The van der Waals surface area contributed by atoms with Crippen LogP contribution in [0.15, 0.2) is 42.6 Å². The van der Waals surface area contributed by atoms with Crippen LogP contribution in [-0.2, 0) is 0 Å². The molecule has 2 nitrogen and oxygen atoms in total. The van der Waals surface area contributed by atoms with Crippen LogP contribution in [0, 0.1) is 0 Å². The minimum atomic E-state index is 0.163. The maximum atomic E-state index is 9.07. The SMILES string of the molecule is Oc1ccc(-c2cccc(Cl)c2)nc1. The van der Waals surface area contributed by atoms with E-state index < -0.39 is 0 Å². The molecule has 70 valence electrons. The van der Waals surface area contributed by atoms with Gasteiger partial charge in [-0.25, -0.2) is 0 Å². The Morgan fingerprint density at radius 3 is 2.64 bits per heavy atom. The summed E-state index contributed by atoms with van der Waals surface area (Å²) < 4.78 is 0. The standard InChI is InChI=1S/C11H8ClNO/c12-9-3-1-2-8(6-9)11-5-4-10(14)7-13-11/h1-7,14H. The molecule has 1 aromatic carbocycles. The summed E-state index contributed by atoms with van der Waals surface area (Å²) in [5, 5.41) is 9.75. The van der Waals surface area contributed by atoms with Gasteiger partial charge in [-0.05, 0) is 24.3 Å². The zero-order valence-corrected chi connectivity index (χ0v) is 8.07. The molecule has 1 aromatic heterocycles. The predicted octanol–water partition coefficient (Wildman–Crippen LogP) is 3.11. The highest BCUT2D eigenvalue weighted by molar-refractivity contribution is 6.30. The Balaban J connectivity index is 2.44. The molecule has 0 spiro atoms. The van der Waals surface area contributed by atoms with Gasteiger partial charge in [0.05, 0.1) is 11.9 Å². The molecule has 1 heterocycles. The molecule has 0 saturated carbocycles. The van der Waals surface area contributed by atoms with Gasteiger partial charge in [0, 0.05) is 10.6 Å². The Morgan fingerprint density at radius 1 is 1.14 bits per heavy atom. The van der Waals surface area contributed by atoms with Gasteiger partial charge in [0.2, 0.25) is 0 Å². The van der Waals surface area contributed by atoms with Crippen molar-refractivity contribution >= 4 is 11.6 Å². The van der Waals surface area contributed by atoms with Gasteiger partial charge >= 0.3 is 0 Å².